The van der Waals surface area contributed by atoms with Crippen molar-refractivity contribution >= 4 is 62.9 Å². The summed E-state index contributed by atoms with van der Waals surface area (Å²) in [4.78, 5) is 64.4. The summed E-state index contributed by atoms with van der Waals surface area (Å²) in [6.07, 6.45) is -3.93. The van der Waals surface area contributed by atoms with Crippen LogP contribution in [0.5, 0.6) is 0 Å². The van der Waals surface area contributed by atoms with Crippen molar-refractivity contribution in [3.8, 4) is 0 Å². The molecule has 20 nitrogen and oxygen atoms in total. The molecule has 0 spiro atoms. The van der Waals surface area contributed by atoms with Crippen LogP contribution in [-0.2, 0) is 36.3 Å². The van der Waals surface area contributed by atoms with Crippen LogP contribution in [0.1, 0.15) is 16.6 Å². The van der Waals surface area contributed by atoms with E-state index in [1.807, 2.05) is 25.1 Å². The zero-order chi connectivity index (χ0) is 33.6. The number of carbonyl (C=O) groups excluding carboxylic acids is 1. The van der Waals surface area contributed by atoms with Crippen LogP contribution in [0, 0.1) is 0 Å². The minimum absolute atomic E-state index is 0.0106. The summed E-state index contributed by atoms with van der Waals surface area (Å²) in [5.74, 6) is -0.906. The Kier molecular flexibility index (Phi) is 9.38. The number of nitrogens with zero attached hydrogens (tertiary/aromatic N) is 5. The smallest absolute Gasteiger partial charge is 0.453 e. The molecule has 1 aliphatic rings. The number of phosphoric acid groups is 3. The molecule has 0 bridgehead atoms. The zero-order valence-corrected chi connectivity index (χ0v) is 26.4. The summed E-state index contributed by atoms with van der Waals surface area (Å²) in [6.45, 7) is -1.03. The van der Waals surface area contributed by atoms with Gasteiger partial charge in [0.25, 0.3) is 0 Å². The number of nitrogens with two attached hydrogens (primary N) is 1. The second-order valence-corrected chi connectivity index (χ2v) is 14.4. The summed E-state index contributed by atoms with van der Waals surface area (Å²) >= 11 is 0. The molecular weight excluding hydrogens is 677 g/mol. The van der Waals surface area contributed by atoms with Crippen molar-refractivity contribution in [3.63, 3.8) is 0 Å². The first-order chi connectivity index (χ1) is 21.5. The summed E-state index contributed by atoms with van der Waals surface area (Å²) < 4.78 is 60.1. The Hall–Kier alpha value is -3.35. The van der Waals surface area contributed by atoms with Crippen LogP contribution in [0.3, 0.4) is 0 Å². The van der Waals surface area contributed by atoms with Gasteiger partial charge in [-0.3, -0.25) is 9.09 Å². The average Bonchev–Trinajstić information content (AvgIpc) is 3.50. The highest BCUT2D eigenvalue weighted by atomic mass is 31.3. The van der Waals surface area contributed by atoms with E-state index in [1.165, 1.54) is 17.0 Å². The topological polar surface area (TPSA) is 288 Å². The molecule has 2 aromatic heterocycles. The molecule has 3 heterocycles. The van der Waals surface area contributed by atoms with E-state index in [1.54, 1.807) is 24.3 Å². The number of carbonyl (C=O) groups is 1. The van der Waals surface area contributed by atoms with E-state index in [0.717, 1.165) is 17.4 Å². The number of ether oxygens (including phenoxy) is 2. The first-order valence-corrected chi connectivity index (χ1v) is 17.4. The maximum Gasteiger partial charge on any atom is 0.490 e. The van der Waals surface area contributed by atoms with Crippen LogP contribution in [0.4, 0.5) is 11.5 Å². The number of fused-ring (bicyclic) bond motifs is 2. The van der Waals surface area contributed by atoms with Crippen molar-refractivity contribution in [3.05, 3.63) is 54.6 Å². The Morgan fingerprint density at radius 1 is 1.00 bits per heavy atom. The molecule has 1 aliphatic heterocycles. The lowest BCUT2D eigenvalue weighted by Crippen LogP contribution is -2.38. The predicted octanol–water partition coefficient (Wildman–Crippen LogP) is 1.45. The summed E-state index contributed by atoms with van der Waals surface area (Å²) in [5, 5.41) is 12.6. The number of phosphoric ester groups is 1. The first-order valence-electron chi connectivity index (χ1n) is 12.9. The molecule has 23 heteroatoms. The second-order valence-electron chi connectivity index (χ2n) is 9.97. The molecule has 46 heavy (non-hydrogen) atoms. The molecule has 4 aromatic rings. The lowest BCUT2D eigenvalue weighted by atomic mass is 10.0. The fraction of sp³-hybridized carbons (Fsp3) is 0.304. The number of esters is 1. The van der Waals surface area contributed by atoms with Gasteiger partial charge in [0, 0.05) is 25.2 Å². The van der Waals surface area contributed by atoms with E-state index >= 15 is 0 Å². The van der Waals surface area contributed by atoms with Crippen LogP contribution < -0.4 is 10.6 Å². The monoisotopic (exact) mass is 704 g/mol. The van der Waals surface area contributed by atoms with E-state index in [-0.39, 0.29) is 22.5 Å². The Morgan fingerprint density at radius 2 is 1.70 bits per heavy atom. The van der Waals surface area contributed by atoms with E-state index in [9.17, 15) is 33.4 Å². The number of nitrogen functional groups attached to an aromatic ring is 1. The molecule has 0 aliphatic carbocycles. The molecule has 6 unspecified atom stereocenters. The first kappa shape index (κ1) is 34.0. The van der Waals surface area contributed by atoms with Crippen LogP contribution in [0.25, 0.3) is 21.9 Å². The highest BCUT2D eigenvalue weighted by molar-refractivity contribution is 7.66. The molecule has 248 valence electrons. The maximum absolute atomic E-state index is 13.6. The molecule has 7 N–H and O–H groups in total. The highest BCUT2D eigenvalue weighted by Gasteiger charge is 2.50. The Balaban J connectivity index is 1.45. The van der Waals surface area contributed by atoms with Crippen LogP contribution in [0.15, 0.2) is 49.1 Å². The van der Waals surface area contributed by atoms with Crippen molar-refractivity contribution in [1.82, 2.24) is 19.5 Å². The van der Waals surface area contributed by atoms with Gasteiger partial charge in [0.15, 0.2) is 23.8 Å². The van der Waals surface area contributed by atoms with Gasteiger partial charge in [-0.2, -0.15) is 8.62 Å². The number of anilines is 2. The summed E-state index contributed by atoms with van der Waals surface area (Å²) in [7, 11) is -13.4. The highest BCUT2D eigenvalue weighted by Crippen LogP contribution is 2.66. The number of aliphatic hydroxyl groups is 1. The second kappa shape index (κ2) is 12.7. The number of hydrogen-bond acceptors (Lipinski definition) is 15. The van der Waals surface area contributed by atoms with Gasteiger partial charge >= 0.3 is 29.4 Å². The predicted molar refractivity (Wildman–Crippen MR) is 157 cm³/mol. The van der Waals surface area contributed by atoms with Crippen LogP contribution in [0.2, 0.25) is 0 Å². The Bertz CT molecular complexity index is 1940. The summed E-state index contributed by atoms with van der Waals surface area (Å²) in [5.41, 5.74) is 7.02. The third kappa shape index (κ3) is 7.29. The molecule has 5 rings (SSSR count). The largest absolute Gasteiger partial charge is 0.490 e. The van der Waals surface area contributed by atoms with E-state index in [0.29, 0.717) is 5.39 Å². The van der Waals surface area contributed by atoms with E-state index in [4.69, 9.17) is 29.5 Å². The van der Waals surface area contributed by atoms with Crippen molar-refractivity contribution < 1.29 is 65.8 Å². The number of aliphatic hydroxyl groups excluding tert-OH is 1. The molecule has 0 radical (unpaired) electrons. The number of aromatic nitrogens is 4. The minimum atomic E-state index is -5.82. The van der Waals surface area contributed by atoms with Gasteiger partial charge in [-0.25, -0.2) is 33.4 Å². The van der Waals surface area contributed by atoms with Crippen LogP contribution >= 0.6 is 23.5 Å². The van der Waals surface area contributed by atoms with Gasteiger partial charge in [-0.15, -0.1) is 0 Å². The average molecular weight is 704 g/mol. The van der Waals surface area contributed by atoms with E-state index < -0.39 is 60.6 Å². The summed E-state index contributed by atoms with van der Waals surface area (Å²) in [6, 6.07) is 10.2. The van der Waals surface area contributed by atoms with E-state index in [2.05, 4.69) is 23.6 Å². The maximum atomic E-state index is 13.6. The van der Waals surface area contributed by atoms with Gasteiger partial charge in [0.1, 0.15) is 24.1 Å². The van der Waals surface area contributed by atoms with Crippen molar-refractivity contribution in [2.24, 2.45) is 0 Å². The van der Waals surface area contributed by atoms with Gasteiger partial charge in [-0.05, 0) is 17.5 Å². The Morgan fingerprint density at radius 3 is 2.39 bits per heavy atom. The van der Waals surface area contributed by atoms with Gasteiger partial charge in [-0.1, -0.05) is 24.3 Å². The SMILES string of the molecule is CN(C)c1cccc2c(C(=O)OC3C(COP(=O)(O)OP(=O)(O)OP(=O)(O)O)OC(n4cnc5c(N)ncnc54)C3O)cccc12. The minimum Gasteiger partial charge on any atom is -0.453 e. The molecular formula is C23H27N6O14P3. The third-order valence-corrected chi connectivity index (χ3v) is 10.4. The molecule has 0 saturated carbocycles. The number of hydrogen-bond donors (Lipinski definition) is 6. The molecule has 0 amide bonds. The van der Waals surface area contributed by atoms with Crippen molar-refractivity contribution in [2.45, 2.75) is 24.5 Å². The quantitative estimate of drug-likeness (QED) is 0.0951. The molecule has 1 saturated heterocycles. The van der Waals surface area contributed by atoms with Crippen molar-refractivity contribution in [1.29, 1.82) is 0 Å². The van der Waals surface area contributed by atoms with Crippen LogP contribution in [-0.4, -0.2) is 89.2 Å². The lowest BCUT2D eigenvalue weighted by Gasteiger charge is -2.22. The van der Waals surface area contributed by atoms with Crippen molar-refractivity contribution in [2.75, 3.05) is 31.3 Å². The van der Waals surface area contributed by atoms with Gasteiger partial charge < -0.3 is 44.8 Å². The lowest BCUT2D eigenvalue weighted by molar-refractivity contribution is -0.0520. The molecule has 2 aromatic carbocycles. The number of benzene rings is 2. The van der Waals surface area contributed by atoms with Gasteiger partial charge in [0.2, 0.25) is 0 Å². The standard InChI is InChI=1S/C23H27N6O14P3/c1-28(2)15-8-4-5-12-13(15)6-3-7-14(12)23(31)41-19-16(9-39-45(35,36)43-46(37,38)42-44(32,33)34)40-22(18(19)30)29-11-27-17-20(24)25-10-26-21(17)29/h3-8,10-11,16,18-19,22,30H,9H2,1-2H3,(H,35,36)(H,37,38)(H2,24,25,26)(H2,32,33,34). The van der Waals surface area contributed by atoms with Gasteiger partial charge in [0.05, 0.1) is 18.5 Å². The number of imidazole rings is 1. The third-order valence-electron chi connectivity index (χ3n) is 6.63. The molecule has 6 atom stereocenters. The fourth-order valence-electron chi connectivity index (χ4n) is 4.80. The normalized spacial score (nSPS) is 22.8. The Labute approximate surface area is 258 Å². The zero-order valence-electron chi connectivity index (χ0n) is 23.7. The molecule has 1 fully saturated rings. The number of rotatable bonds is 11. The fourth-order valence-corrected chi connectivity index (χ4v) is 7.83.